The number of halogens is 3. The SMILES string of the molecule is Cc1cc(OCCC=NN=C(N)N)cc(OS(=O)(=O)c2ccccc2OC(F)(F)F)c1.O=[N+]([O-])O. The van der Waals surface area contributed by atoms with Crippen molar-refractivity contribution in [3.8, 4) is 17.2 Å². The molecule has 17 heteroatoms. The molecule has 0 aliphatic carbocycles. The van der Waals surface area contributed by atoms with Gasteiger partial charge in [0, 0.05) is 18.7 Å². The zero-order chi connectivity index (χ0) is 26.6. The summed E-state index contributed by atoms with van der Waals surface area (Å²) in [4.78, 5) is 7.59. The van der Waals surface area contributed by atoms with E-state index in [1.165, 1.54) is 30.5 Å². The highest BCUT2D eigenvalue weighted by molar-refractivity contribution is 7.87. The number of nitrogens with two attached hydrogens (primary N) is 2. The van der Waals surface area contributed by atoms with Gasteiger partial charge in [0.1, 0.15) is 16.4 Å². The van der Waals surface area contributed by atoms with E-state index in [0.29, 0.717) is 12.0 Å². The van der Waals surface area contributed by atoms with Crippen molar-refractivity contribution in [2.24, 2.45) is 21.7 Å². The number of alkyl halides is 3. The number of aryl methyl sites for hydroxylation is 1. The standard InChI is InChI=1S/C18H19F3N4O5S.HNO3/c1-12-9-13(28-8-4-7-24-25-17(22)23)11-14(10-12)30-31(26,27)16-6-3-2-5-15(16)29-18(19,20)21;2-1(3)4/h2-3,5-7,9-11H,4,8H2,1H3,(H4,22,23,25);(H,2,3,4). The van der Waals surface area contributed by atoms with E-state index >= 15 is 0 Å². The summed E-state index contributed by atoms with van der Waals surface area (Å²) in [6.45, 7) is 1.83. The van der Waals surface area contributed by atoms with E-state index in [-0.39, 0.29) is 24.1 Å². The first-order chi connectivity index (χ1) is 16.2. The maximum absolute atomic E-state index is 12.6. The topological polar surface area (TPSA) is 202 Å². The van der Waals surface area contributed by atoms with Crippen molar-refractivity contribution in [2.45, 2.75) is 24.6 Å². The highest BCUT2D eigenvalue weighted by atomic mass is 32.2. The van der Waals surface area contributed by atoms with Crippen molar-refractivity contribution in [1.82, 2.24) is 0 Å². The summed E-state index contributed by atoms with van der Waals surface area (Å²) in [5, 5.41) is 20.6. The van der Waals surface area contributed by atoms with Gasteiger partial charge in [0.25, 0.3) is 5.09 Å². The van der Waals surface area contributed by atoms with Crippen LogP contribution in [0.5, 0.6) is 17.2 Å². The third-order valence-electron chi connectivity index (χ3n) is 3.35. The van der Waals surface area contributed by atoms with Crippen molar-refractivity contribution < 1.29 is 45.5 Å². The molecule has 0 heterocycles. The summed E-state index contributed by atoms with van der Waals surface area (Å²) in [5.41, 5.74) is 10.8. The molecule has 2 aromatic carbocycles. The number of benzene rings is 2. The lowest BCUT2D eigenvalue weighted by atomic mass is 10.2. The third kappa shape index (κ3) is 11.9. The van der Waals surface area contributed by atoms with Gasteiger partial charge < -0.3 is 30.3 Å². The Morgan fingerprint density at radius 3 is 2.40 bits per heavy atom. The summed E-state index contributed by atoms with van der Waals surface area (Å²) < 4.78 is 77.1. The monoisotopic (exact) mass is 523 g/mol. The molecular formula is C18H20F3N5O8S. The van der Waals surface area contributed by atoms with Crippen LogP contribution in [0.3, 0.4) is 0 Å². The molecular weight excluding hydrogens is 503 g/mol. The second kappa shape index (κ2) is 12.8. The van der Waals surface area contributed by atoms with Gasteiger partial charge in [0.15, 0.2) is 5.75 Å². The average molecular weight is 523 g/mol. The molecule has 0 aliphatic heterocycles. The number of ether oxygens (including phenoxy) is 2. The van der Waals surface area contributed by atoms with Crippen molar-refractivity contribution in [1.29, 1.82) is 0 Å². The van der Waals surface area contributed by atoms with E-state index in [9.17, 15) is 21.6 Å². The van der Waals surface area contributed by atoms with Crippen LogP contribution in [-0.4, -0.2) is 43.9 Å². The number of guanidine groups is 1. The van der Waals surface area contributed by atoms with Crippen molar-refractivity contribution in [2.75, 3.05) is 6.61 Å². The lowest BCUT2D eigenvalue weighted by molar-refractivity contribution is -0.742. The summed E-state index contributed by atoms with van der Waals surface area (Å²) in [6, 6.07) is 8.55. The van der Waals surface area contributed by atoms with Gasteiger partial charge in [0.05, 0.1) is 6.61 Å². The molecule has 35 heavy (non-hydrogen) atoms. The summed E-state index contributed by atoms with van der Waals surface area (Å²) in [5.74, 6) is -0.966. The minimum Gasteiger partial charge on any atom is -0.493 e. The highest BCUT2D eigenvalue weighted by Crippen LogP contribution is 2.32. The average Bonchev–Trinajstić information content (AvgIpc) is 2.68. The number of hydrogen-bond acceptors (Lipinski definition) is 9. The van der Waals surface area contributed by atoms with Gasteiger partial charge >= 0.3 is 16.5 Å². The molecule has 0 radical (unpaired) electrons. The van der Waals surface area contributed by atoms with Crippen molar-refractivity contribution >= 4 is 22.3 Å². The fourth-order valence-electron chi connectivity index (χ4n) is 2.28. The Morgan fingerprint density at radius 2 is 1.80 bits per heavy atom. The smallest absolute Gasteiger partial charge is 0.493 e. The van der Waals surface area contributed by atoms with Crippen LogP contribution in [0.25, 0.3) is 0 Å². The zero-order valence-electron chi connectivity index (χ0n) is 17.9. The molecule has 0 saturated heterocycles. The van der Waals surface area contributed by atoms with E-state index in [2.05, 4.69) is 14.9 Å². The lowest BCUT2D eigenvalue weighted by Crippen LogP contribution is -2.21. The fraction of sp³-hybridized carbons (Fsp3) is 0.222. The molecule has 0 saturated carbocycles. The van der Waals surface area contributed by atoms with E-state index in [1.807, 2.05) is 0 Å². The second-order valence-corrected chi connectivity index (χ2v) is 7.73. The Hall–Kier alpha value is -4.28. The van der Waals surface area contributed by atoms with Crippen LogP contribution in [0.15, 0.2) is 57.6 Å². The zero-order valence-corrected chi connectivity index (χ0v) is 18.7. The van der Waals surface area contributed by atoms with Gasteiger partial charge in [-0.1, -0.05) is 12.1 Å². The molecule has 0 fully saturated rings. The van der Waals surface area contributed by atoms with E-state index in [1.54, 1.807) is 13.0 Å². The van der Waals surface area contributed by atoms with Crippen LogP contribution in [-0.2, 0) is 10.1 Å². The van der Waals surface area contributed by atoms with E-state index in [4.69, 9.17) is 35.7 Å². The van der Waals surface area contributed by atoms with Crippen LogP contribution in [0.1, 0.15) is 12.0 Å². The maximum Gasteiger partial charge on any atom is 0.573 e. The Morgan fingerprint density at radius 1 is 1.20 bits per heavy atom. The summed E-state index contributed by atoms with van der Waals surface area (Å²) >= 11 is 0. The molecule has 192 valence electrons. The predicted molar refractivity (Wildman–Crippen MR) is 115 cm³/mol. The van der Waals surface area contributed by atoms with E-state index < -0.39 is 32.2 Å². The Balaban J connectivity index is 0.00000142. The molecule has 0 unspecified atom stereocenters. The normalized spacial score (nSPS) is 11.2. The fourth-order valence-corrected chi connectivity index (χ4v) is 3.32. The van der Waals surface area contributed by atoms with Gasteiger partial charge in [-0.3, -0.25) is 0 Å². The molecule has 0 aliphatic rings. The van der Waals surface area contributed by atoms with E-state index in [0.717, 1.165) is 12.1 Å². The molecule has 0 spiro atoms. The molecule has 13 nitrogen and oxygen atoms in total. The molecule has 2 aromatic rings. The first-order valence-corrected chi connectivity index (χ1v) is 10.6. The van der Waals surface area contributed by atoms with Crippen LogP contribution < -0.4 is 25.1 Å². The molecule has 2 rings (SSSR count). The predicted octanol–water partition coefficient (Wildman–Crippen LogP) is 2.34. The number of para-hydroxylation sites is 1. The molecule has 0 amide bonds. The Kier molecular flexibility index (Phi) is 10.5. The van der Waals surface area contributed by atoms with Gasteiger partial charge in [-0.2, -0.15) is 13.5 Å². The minimum atomic E-state index is -5.07. The van der Waals surface area contributed by atoms with Gasteiger partial charge in [-0.05, 0) is 36.8 Å². The van der Waals surface area contributed by atoms with Gasteiger partial charge in [-0.15, -0.1) is 28.4 Å². The Bertz CT molecular complexity index is 1160. The highest BCUT2D eigenvalue weighted by Gasteiger charge is 2.34. The maximum atomic E-state index is 12.6. The lowest BCUT2D eigenvalue weighted by Gasteiger charge is -2.14. The van der Waals surface area contributed by atoms with Crippen molar-refractivity contribution in [3.63, 3.8) is 0 Å². The molecule has 0 aromatic heterocycles. The molecule has 5 N–H and O–H groups in total. The largest absolute Gasteiger partial charge is 0.573 e. The van der Waals surface area contributed by atoms with Gasteiger partial charge in [-0.25, -0.2) is 0 Å². The molecule has 0 bridgehead atoms. The second-order valence-electron chi connectivity index (χ2n) is 6.21. The molecule has 0 atom stereocenters. The first-order valence-electron chi connectivity index (χ1n) is 9.17. The Labute approximate surface area is 196 Å². The van der Waals surface area contributed by atoms with Crippen LogP contribution >= 0.6 is 0 Å². The summed E-state index contributed by atoms with van der Waals surface area (Å²) in [6.07, 6.45) is -3.31. The van der Waals surface area contributed by atoms with Gasteiger partial charge in [0.2, 0.25) is 5.96 Å². The van der Waals surface area contributed by atoms with Crippen LogP contribution in [0, 0.1) is 17.0 Å². The van der Waals surface area contributed by atoms with Crippen molar-refractivity contribution in [3.05, 3.63) is 58.1 Å². The third-order valence-corrected chi connectivity index (χ3v) is 4.63. The number of rotatable bonds is 9. The van der Waals surface area contributed by atoms with Crippen LogP contribution in [0.2, 0.25) is 0 Å². The number of hydrogen-bond donors (Lipinski definition) is 3. The first kappa shape index (κ1) is 28.8. The van der Waals surface area contributed by atoms with Crippen LogP contribution in [0.4, 0.5) is 13.2 Å². The minimum absolute atomic E-state index is 0.147. The summed E-state index contributed by atoms with van der Waals surface area (Å²) in [7, 11) is -4.63. The number of nitrogens with zero attached hydrogens (tertiary/aromatic N) is 3. The quantitative estimate of drug-likeness (QED) is 0.109.